The summed E-state index contributed by atoms with van der Waals surface area (Å²) in [5.41, 5.74) is 5.66. The monoisotopic (exact) mass is 422 g/mol. The van der Waals surface area contributed by atoms with Gasteiger partial charge in [-0.2, -0.15) is 0 Å². The molecule has 1 saturated carbocycles. The molecule has 3 rings (SSSR count). The summed E-state index contributed by atoms with van der Waals surface area (Å²) in [6.45, 7) is 0. The lowest BCUT2D eigenvalue weighted by atomic mass is 10.2. The third kappa shape index (κ3) is 5.04. The maximum Gasteiger partial charge on any atom is 0.319 e. The smallest absolute Gasteiger partial charge is 0.319 e. The highest BCUT2D eigenvalue weighted by Crippen LogP contribution is 2.21. The van der Waals surface area contributed by atoms with Gasteiger partial charge >= 0.3 is 6.03 Å². The predicted octanol–water partition coefficient (Wildman–Crippen LogP) is 2.87. The van der Waals surface area contributed by atoms with Gasteiger partial charge in [-0.25, -0.2) is 4.79 Å². The van der Waals surface area contributed by atoms with E-state index in [0.29, 0.717) is 16.1 Å². The van der Waals surface area contributed by atoms with Crippen molar-refractivity contribution in [1.29, 1.82) is 0 Å². The minimum atomic E-state index is -0.446. The van der Waals surface area contributed by atoms with Crippen molar-refractivity contribution in [1.82, 2.24) is 16.2 Å². The number of carbonyl (C=O) groups is 3. The quantitative estimate of drug-likeness (QED) is 0.569. The van der Waals surface area contributed by atoms with Crippen LogP contribution in [0.4, 0.5) is 10.5 Å². The molecule has 0 aliphatic heterocycles. The molecule has 25 heavy (non-hydrogen) atoms. The third-order valence-corrected chi connectivity index (χ3v) is 5.03. The Morgan fingerprint density at radius 3 is 2.24 bits per heavy atom. The molecule has 0 spiro atoms. The molecule has 4 amide bonds. The standard InChI is InChI=1S/C16H15BrN4O3S/c17-13-8-7-12(25-13)15(23)21-20-14(22)9-1-3-10(4-2-9)18-16(24)19-11-5-6-11/h1-4,7-8,11H,5-6H2,(H,20,22)(H,21,23)(H2,18,19,24). The number of nitrogens with one attached hydrogen (secondary N) is 4. The molecule has 4 N–H and O–H groups in total. The molecule has 1 aromatic carbocycles. The molecule has 7 nitrogen and oxygen atoms in total. The number of amides is 4. The highest BCUT2D eigenvalue weighted by atomic mass is 79.9. The van der Waals surface area contributed by atoms with Crippen molar-refractivity contribution in [2.45, 2.75) is 18.9 Å². The van der Waals surface area contributed by atoms with Gasteiger partial charge in [-0.1, -0.05) is 0 Å². The first kappa shape index (κ1) is 17.4. The molecule has 130 valence electrons. The summed E-state index contributed by atoms with van der Waals surface area (Å²) in [6.07, 6.45) is 2.03. The second-order valence-electron chi connectivity index (χ2n) is 5.46. The molecule has 1 aliphatic carbocycles. The minimum absolute atomic E-state index is 0.255. The van der Waals surface area contributed by atoms with E-state index >= 15 is 0 Å². The lowest BCUT2D eigenvalue weighted by molar-refractivity contribution is 0.0849. The van der Waals surface area contributed by atoms with Crippen LogP contribution in [-0.4, -0.2) is 23.9 Å². The van der Waals surface area contributed by atoms with E-state index in [-0.39, 0.29) is 18.0 Å². The summed E-state index contributed by atoms with van der Waals surface area (Å²) < 4.78 is 0.831. The van der Waals surface area contributed by atoms with Gasteiger partial charge in [0.25, 0.3) is 11.8 Å². The van der Waals surface area contributed by atoms with Crippen molar-refractivity contribution < 1.29 is 14.4 Å². The van der Waals surface area contributed by atoms with Gasteiger partial charge < -0.3 is 10.6 Å². The second-order valence-corrected chi connectivity index (χ2v) is 7.93. The van der Waals surface area contributed by atoms with E-state index in [1.807, 2.05) is 0 Å². The Morgan fingerprint density at radius 2 is 1.64 bits per heavy atom. The summed E-state index contributed by atoms with van der Waals surface area (Å²) in [4.78, 5) is 36.0. The SMILES string of the molecule is O=C(Nc1ccc(C(=O)NNC(=O)c2ccc(Br)s2)cc1)NC1CC1. The van der Waals surface area contributed by atoms with Gasteiger partial charge in [-0.15, -0.1) is 11.3 Å². The molecule has 0 saturated heterocycles. The van der Waals surface area contributed by atoms with Crippen LogP contribution >= 0.6 is 27.3 Å². The van der Waals surface area contributed by atoms with Gasteiger partial charge in [-0.05, 0) is 65.2 Å². The van der Waals surface area contributed by atoms with E-state index in [1.165, 1.54) is 11.3 Å². The number of halogens is 1. The molecule has 0 unspecified atom stereocenters. The van der Waals surface area contributed by atoms with Crippen molar-refractivity contribution >= 4 is 50.8 Å². The van der Waals surface area contributed by atoms with Crippen molar-refractivity contribution in [3.8, 4) is 0 Å². The zero-order chi connectivity index (χ0) is 17.8. The Morgan fingerprint density at radius 1 is 0.960 bits per heavy atom. The van der Waals surface area contributed by atoms with E-state index in [0.717, 1.165) is 16.6 Å². The molecule has 1 fully saturated rings. The molecule has 0 atom stereocenters. The van der Waals surface area contributed by atoms with Gasteiger partial charge in [0.1, 0.15) is 0 Å². The summed E-state index contributed by atoms with van der Waals surface area (Å²) in [5, 5.41) is 5.51. The molecule has 0 radical (unpaired) electrons. The Bertz CT molecular complexity index is 802. The van der Waals surface area contributed by atoms with Crippen LogP contribution in [0.25, 0.3) is 0 Å². The van der Waals surface area contributed by atoms with Crippen molar-refractivity contribution in [2.75, 3.05) is 5.32 Å². The largest absolute Gasteiger partial charge is 0.335 e. The fourth-order valence-electron chi connectivity index (χ4n) is 1.97. The van der Waals surface area contributed by atoms with Crippen molar-refractivity contribution in [3.63, 3.8) is 0 Å². The van der Waals surface area contributed by atoms with Gasteiger partial charge in [-0.3, -0.25) is 20.4 Å². The van der Waals surface area contributed by atoms with Gasteiger partial charge in [0.2, 0.25) is 0 Å². The molecule has 1 aliphatic rings. The second kappa shape index (κ2) is 7.66. The number of benzene rings is 1. The number of rotatable bonds is 4. The van der Waals surface area contributed by atoms with Gasteiger partial charge in [0.15, 0.2) is 0 Å². The highest BCUT2D eigenvalue weighted by molar-refractivity contribution is 9.11. The maximum absolute atomic E-state index is 12.0. The van der Waals surface area contributed by atoms with E-state index < -0.39 is 5.91 Å². The van der Waals surface area contributed by atoms with Crippen LogP contribution in [0.5, 0.6) is 0 Å². The first-order valence-electron chi connectivity index (χ1n) is 7.55. The summed E-state index contributed by atoms with van der Waals surface area (Å²) in [5.74, 6) is -0.836. The first-order valence-corrected chi connectivity index (χ1v) is 9.16. The average Bonchev–Trinajstić information content (AvgIpc) is 3.30. The summed E-state index contributed by atoms with van der Waals surface area (Å²) in [7, 11) is 0. The van der Waals surface area contributed by atoms with Crippen LogP contribution in [0.1, 0.15) is 32.9 Å². The van der Waals surface area contributed by atoms with Crippen LogP contribution in [0.15, 0.2) is 40.2 Å². The van der Waals surface area contributed by atoms with Crippen LogP contribution in [0.2, 0.25) is 0 Å². The molecular formula is C16H15BrN4O3S. The maximum atomic E-state index is 12.0. The van der Waals surface area contributed by atoms with Crippen LogP contribution < -0.4 is 21.5 Å². The first-order chi connectivity index (χ1) is 12.0. The topological polar surface area (TPSA) is 99.3 Å². The zero-order valence-corrected chi connectivity index (χ0v) is 15.4. The van der Waals surface area contributed by atoms with Gasteiger partial charge in [0.05, 0.1) is 8.66 Å². The Balaban J connectivity index is 1.49. The normalized spacial score (nSPS) is 13.0. The van der Waals surface area contributed by atoms with Crippen LogP contribution in [-0.2, 0) is 0 Å². The molecule has 2 aromatic rings. The summed E-state index contributed by atoms with van der Waals surface area (Å²) >= 11 is 4.54. The molecule has 1 heterocycles. The number of thiophene rings is 1. The number of hydrogen-bond acceptors (Lipinski definition) is 4. The van der Waals surface area contributed by atoms with E-state index in [1.54, 1.807) is 36.4 Å². The minimum Gasteiger partial charge on any atom is -0.335 e. The van der Waals surface area contributed by atoms with Crippen LogP contribution in [0, 0.1) is 0 Å². The Hall–Kier alpha value is -2.39. The Kier molecular flexibility index (Phi) is 5.34. The van der Waals surface area contributed by atoms with E-state index in [4.69, 9.17) is 0 Å². The molecule has 9 heteroatoms. The lowest BCUT2D eigenvalue weighted by Gasteiger charge is -2.08. The van der Waals surface area contributed by atoms with Crippen molar-refractivity contribution in [3.05, 3.63) is 50.6 Å². The van der Waals surface area contributed by atoms with E-state index in [9.17, 15) is 14.4 Å². The summed E-state index contributed by atoms with van der Waals surface area (Å²) in [6, 6.07) is 9.81. The molecular weight excluding hydrogens is 408 g/mol. The predicted molar refractivity (Wildman–Crippen MR) is 98.6 cm³/mol. The highest BCUT2D eigenvalue weighted by Gasteiger charge is 2.23. The van der Waals surface area contributed by atoms with Gasteiger partial charge in [0, 0.05) is 17.3 Å². The zero-order valence-electron chi connectivity index (χ0n) is 13.0. The number of hydrogen-bond donors (Lipinski definition) is 4. The lowest BCUT2D eigenvalue weighted by Crippen LogP contribution is -2.41. The third-order valence-electron chi connectivity index (χ3n) is 3.40. The Labute approximate surface area is 156 Å². The average molecular weight is 423 g/mol. The number of anilines is 1. The molecule has 0 bridgehead atoms. The number of urea groups is 1. The number of carbonyl (C=O) groups excluding carboxylic acids is 3. The fourth-order valence-corrected chi connectivity index (χ4v) is 3.25. The van der Waals surface area contributed by atoms with E-state index in [2.05, 4.69) is 37.4 Å². The van der Waals surface area contributed by atoms with Crippen molar-refractivity contribution in [2.24, 2.45) is 0 Å². The molecule has 1 aromatic heterocycles. The fraction of sp³-hybridized carbons (Fsp3) is 0.188. The van der Waals surface area contributed by atoms with Crippen LogP contribution in [0.3, 0.4) is 0 Å². The number of hydrazine groups is 1.